The van der Waals surface area contributed by atoms with Crippen LogP contribution in [0, 0.1) is 5.82 Å². The molecule has 0 saturated carbocycles. The van der Waals surface area contributed by atoms with Crippen LogP contribution in [0.3, 0.4) is 0 Å². The summed E-state index contributed by atoms with van der Waals surface area (Å²) in [5.74, 6) is -0.665. The van der Waals surface area contributed by atoms with E-state index >= 15 is 0 Å². The fourth-order valence-corrected chi connectivity index (χ4v) is 3.52. The Morgan fingerprint density at radius 3 is 1.76 bits per heavy atom. The van der Waals surface area contributed by atoms with Crippen LogP contribution in [0.1, 0.15) is 0 Å². The summed E-state index contributed by atoms with van der Waals surface area (Å²) in [5, 5.41) is 4.99. The quantitative estimate of drug-likeness (QED) is 0.625. The zero-order chi connectivity index (χ0) is 18.2. The van der Waals surface area contributed by atoms with Crippen LogP contribution in [-0.2, 0) is 10.0 Å². The lowest BCUT2D eigenvalue weighted by Gasteiger charge is -2.12. The number of hydrogen-bond donors (Lipinski definition) is 1. The second-order valence-electron chi connectivity index (χ2n) is 5.37. The van der Waals surface area contributed by atoms with Gasteiger partial charge in [0.05, 0.1) is 14.9 Å². The van der Waals surface area contributed by atoms with Gasteiger partial charge >= 0.3 is 0 Å². The van der Waals surface area contributed by atoms with Gasteiger partial charge in [-0.25, -0.2) is 17.9 Å². The molecule has 128 valence electrons. The Balaban J connectivity index is 2.14. The van der Waals surface area contributed by atoms with E-state index in [1.54, 1.807) is 12.1 Å². The SMILES string of the molecule is NS(=O)(=O)c1ccc(-c2ccccc2-c2cc(Cl)c(F)c(Cl)c2)cc1. The van der Waals surface area contributed by atoms with Crippen LogP contribution in [0.15, 0.2) is 65.6 Å². The molecule has 0 unspecified atom stereocenters. The molecule has 0 heterocycles. The van der Waals surface area contributed by atoms with Crippen LogP contribution in [0.5, 0.6) is 0 Å². The maximum atomic E-state index is 13.7. The van der Waals surface area contributed by atoms with E-state index in [4.69, 9.17) is 28.3 Å². The van der Waals surface area contributed by atoms with Gasteiger partial charge in [0.1, 0.15) is 0 Å². The van der Waals surface area contributed by atoms with Gasteiger partial charge in [0.25, 0.3) is 0 Å². The average Bonchev–Trinajstić information content (AvgIpc) is 2.58. The molecule has 0 radical (unpaired) electrons. The molecule has 0 aliphatic rings. The van der Waals surface area contributed by atoms with Gasteiger partial charge in [-0.05, 0) is 46.5 Å². The van der Waals surface area contributed by atoms with Crippen molar-refractivity contribution in [1.29, 1.82) is 0 Å². The van der Waals surface area contributed by atoms with Crippen molar-refractivity contribution in [2.75, 3.05) is 0 Å². The van der Waals surface area contributed by atoms with Crippen molar-refractivity contribution in [2.24, 2.45) is 5.14 Å². The first-order chi connectivity index (χ1) is 11.8. The van der Waals surface area contributed by atoms with E-state index in [2.05, 4.69) is 0 Å². The van der Waals surface area contributed by atoms with E-state index in [1.807, 2.05) is 24.3 Å². The number of sulfonamides is 1. The summed E-state index contributed by atoms with van der Waals surface area (Å²) in [6.07, 6.45) is 0. The molecular formula is C18H12Cl2FNO2S. The zero-order valence-electron chi connectivity index (χ0n) is 12.7. The molecule has 0 fully saturated rings. The minimum atomic E-state index is -3.76. The highest BCUT2D eigenvalue weighted by Crippen LogP contribution is 2.36. The largest absolute Gasteiger partial charge is 0.238 e. The molecule has 0 aromatic heterocycles. The third-order valence-electron chi connectivity index (χ3n) is 3.72. The van der Waals surface area contributed by atoms with Crippen molar-refractivity contribution in [2.45, 2.75) is 4.90 Å². The summed E-state index contributed by atoms with van der Waals surface area (Å²) in [6, 6.07) is 16.6. The van der Waals surface area contributed by atoms with E-state index < -0.39 is 15.8 Å². The molecule has 3 nitrogen and oxygen atoms in total. The van der Waals surface area contributed by atoms with E-state index in [1.165, 1.54) is 24.3 Å². The van der Waals surface area contributed by atoms with Crippen molar-refractivity contribution in [3.8, 4) is 22.3 Å². The van der Waals surface area contributed by atoms with Crippen molar-refractivity contribution >= 4 is 33.2 Å². The first-order valence-corrected chi connectivity index (χ1v) is 9.45. The first kappa shape index (κ1) is 17.9. The predicted molar refractivity (Wildman–Crippen MR) is 98.7 cm³/mol. The predicted octanol–water partition coefficient (Wildman–Crippen LogP) is 5.11. The fourth-order valence-electron chi connectivity index (χ4n) is 2.52. The molecule has 0 aliphatic carbocycles. The second-order valence-corrected chi connectivity index (χ2v) is 7.74. The molecule has 0 spiro atoms. The minimum absolute atomic E-state index is 0.0293. The molecule has 2 N–H and O–H groups in total. The lowest BCUT2D eigenvalue weighted by atomic mass is 9.95. The highest BCUT2D eigenvalue weighted by Gasteiger charge is 2.13. The van der Waals surface area contributed by atoms with E-state index in [-0.39, 0.29) is 14.9 Å². The molecule has 3 aromatic rings. The Labute approximate surface area is 154 Å². The van der Waals surface area contributed by atoms with Crippen LogP contribution in [0.2, 0.25) is 10.0 Å². The Bertz CT molecular complexity index is 1030. The lowest BCUT2D eigenvalue weighted by Crippen LogP contribution is -2.11. The third-order valence-corrected chi connectivity index (χ3v) is 5.20. The van der Waals surface area contributed by atoms with Gasteiger partial charge in [0.15, 0.2) is 5.82 Å². The summed E-state index contributed by atoms with van der Waals surface area (Å²) in [7, 11) is -3.76. The van der Waals surface area contributed by atoms with Crippen molar-refractivity contribution in [3.63, 3.8) is 0 Å². The van der Waals surface area contributed by atoms with Crippen LogP contribution < -0.4 is 5.14 Å². The molecule has 3 aromatic carbocycles. The zero-order valence-corrected chi connectivity index (χ0v) is 15.0. The van der Waals surface area contributed by atoms with Gasteiger partial charge in [0.2, 0.25) is 10.0 Å². The van der Waals surface area contributed by atoms with E-state index in [0.717, 1.165) is 16.7 Å². The van der Waals surface area contributed by atoms with Crippen molar-refractivity contribution in [3.05, 3.63) is 76.5 Å². The fraction of sp³-hybridized carbons (Fsp3) is 0. The Hall–Kier alpha value is -1.92. The lowest BCUT2D eigenvalue weighted by molar-refractivity contribution is 0.598. The van der Waals surface area contributed by atoms with Crippen LogP contribution >= 0.6 is 23.2 Å². The summed E-state index contributed by atoms with van der Waals surface area (Å²) in [4.78, 5) is 0.0293. The third kappa shape index (κ3) is 3.70. The molecule has 7 heteroatoms. The smallest absolute Gasteiger partial charge is 0.225 e. The van der Waals surface area contributed by atoms with E-state index in [0.29, 0.717) is 5.56 Å². The number of rotatable bonds is 3. The summed E-state index contributed by atoms with van der Waals surface area (Å²) >= 11 is 11.8. The van der Waals surface area contributed by atoms with Gasteiger partial charge in [-0.15, -0.1) is 0 Å². The normalized spacial score (nSPS) is 11.5. The first-order valence-electron chi connectivity index (χ1n) is 7.14. The number of primary sulfonamides is 1. The molecule has 0 saturated heterocycles. The summed E-state index contributed by atoms with van der Waals surface area (Å²) < 4.78 is 36.5. The average molecular weight is 396 g/mol. The van der Waals surface area contributed by atoms with E-state index in [9.17, 15) is 12.8 Å². The highest BCUT2D eigenvalue weighted by atomic mass is 35.5. The maximum absolute atomic E-state index is 13.7. The maximum Gasteiger partial charge on any atom is 0.238 e. The topological polar surface area (TPSA) is 60.2 Å². The molecule has 0 atom stereocenters. The Kier molecular flexibility index (Phi) is 4.84. The van der Waals surface area contributed by atoms with Gasteiger partial charge < -0.3 is 0 Å². The minimum Gasteiger partial charge on any atom is -0.225 e. The number of nitrogens with two attached hydrogens (primary N) is 1. The van der Waals surface area contributed by atoms with Gasteiger partial charge in [-0.1, -0.05) is 59.6 Å². The number of benzene rings is 3. The van der Waals surface area contributed by atoms with Crippen molar-refractivity contribution in [1.82, 2.24) is 0 Å². The summed E-state index contributed by atoms with van der Waals surface area (Å²) in [5.41, 5.74) is 3.04. The monoisotopic (exact) mass is 395 g/mol. The van der Waals surface area contributed by atoms with Gasteiger partial charge in [0, 0.05) is 0 Å². The number of hydrogen-bond acceptors (Lipinski definition) is 2. The standard InChI is InChI=1S/C18H12Cl2FNO2S/c19-16-9-12(10-17(20)18(16)21)15-4-2-1-3-14(15)11-5-7-13(8-6-11)25(22,23)24/h1-10H,(H2,22,23,24). The van der Waals surface area contributed by atoms with Crippen LogP contribution in [-0.4, -0.2) is 8.42 Å². The molecule has 25 heavy (non-hydrogen) atoms. The Morgan fingerprint density at radius 1 is 0.800 bits per heavy atom. The summed E-state index contributed by atoms with van der Waals surface area (Å²) in [6.45, 7) is 0. The molecule has 0 amide bonds. The molecular weight excluding hydrogens is 384 g/mol. The van der Waals surface area contributed by atoms with Gasteiger partial charge in [-0.2, -0.15) is 0 Å². The molecule has 0 bridgehead atoms. The van der Waals surface area contributed by atoms with Crippen molar-refractivity contribution < 1.29 is 12.8 Å². The number of halogens is 3. The highest BCUT2D eigenvalue weighted by molar-refractivity contribution is 7.89. The Morgan fingerprint density at radius 2 is 1.28 bits per heavy atom. The van der Waals surface area contributed by atoms with Gasteiger partial charge in [-0.3, -0.25) is 0 Å². The molecule has 0 aliphatic heterocycles. The van der Waals surface area contributed by atoms with Crippen LogP contribution in [0.25, 0.3) is 22.3 Å². The second kappa shape index (κ2) is 6.77. The van der Waals surface area contributed by atoms with Crippen LogP contribution in [0.4, 0.5) is 4.39 Å². The molecule has 3 rings (SSSR count).